The van der Waals surface area contributed by atoms with Gasteiger partial charge in [0.1, 0.15) is 11.9 Å². The highest BCUT2D eigenvalue weighted by Crippen LogP contribution is 2.06. The summed E-state index contributed by atoms with van der Waals surface area (Å²) in [4.78, 5) is 22.3. The van der Waals surface area contributed by atoms with Gasteiger partial charge >= 0.3 is 5.97 Å². The summed E-state index contributed by atoms with van der Waals surface area (Å²) in [5.74, 6) is -1.98. The van der Waals surface area contributed by atoms with Crippen molar-refractivity contribution in [1.82, 2.24) is 5.32 Å². The Kier molecular flexibility index (Phi) is 5.05. The second kappa shape index (κ2) is 6.54. The standard InChI is InChI=1S/C13H14FNO3/c1-2-3-12(16)15-11(13(17)18)8-9-4-6-10(14)7-5-9/h2-7,11H,8H2,1H3,(H,15,16)(H,17,18)/b3-2+. The van der Waals surface area contributed by atoms with Gasteiger partial charge < -0.3 is 10.4 Å². The average Bonchev–Trinajstić information content (AvgIpc) is 2.31. The molecule has 1 unspecified atom stereocenters. The summed E-state index contributed by atoms with van der Waals surface area (Å²) in [7, 11) is 0. The first-order chi connectivity index (χ1) is 8.52. The average molecular weight is 251 g/mol. The number of halogens is 1. The number of amides is 1. The molecule has 1 amide bonds. The number of benzene rings is 1. The number of rotatable bonds is 5. The summed E-state index contributed by atoms with van der Waals surface area (Å²) >= 11 is 0. The minimum Gasteiger partial charge on any atom is -0.480 e. The molecule has 0 aliphatic heterocycles. The maximum atomic E-state index is 12.7. The lowest BCUT2D eigenvalue weighted by atomic mass is 10.1. The Hall–Kier alpha value is -2.17. The van der Waals surface area contributed by atoms with Crippen LogP contribution in [0.15, 0.2) is 36.4 Å². The summed E-state index contributed by atoms with van der Waals surface area (Å²) in [6, 6.07) is 4.46. The Morgan fingerprint density at radius 1 is 1.39 bits per heavy atom. The topological polar surface area (TPSA) is 66.4 Å². The third-order valence-corrected chi connectivity index (χ3v) is 2.29. The van der Waals surface area contributed by atoms with Crippen LogP contribution in [-0.4, -0.2) is 23.0 Å². The number of nitrogens with one attached hydrogen (secondary N) is 1. The number of carbonyl (C=O) groups is 2. The first-order valence-electron chi connectivity index (χ1n) is 5.43. The van der Waals surface area contributed by atoms with E-state index in [1.807, 2.05) is 0 Å². The molecule has 0 saturated carbocycles. The summed E-state index contributed by atoms with van der Waals surface area (Å²) < 4.78 is 12.7. The number of allylic oxidation sites excluding steroid dienone is 1. The molecule has 0 fully saturated rings. The molecule has 1 aromatic carbocycles. The smallest absolute Gasteiger partial charge is 0.326 e. The lowest BCUT2D eigenvalue weighted by molar-refractivity contribution is -0.141. The molecule has 1 atom stereocenters. The zero-order valence-electron chi connectivity index (χ0n) is 9.89. The van der Waals surface area contributed by atoms with Crippen molar-refractivity contribution >= 4 is 11.9 Å². The van der Waals surface area contributed by atoms with Crippen LogP contribution in [0.1, 0.15) is 12.5 Å². The van der Waals surface area contributed by atoms with E-state index in [4.69, 9.17) is 5.11 Å². The van der Waals surface area contributed by atoms with Crippen LogP contribution in [0.2, 0.25) is 0 Å². The molecule has 0 aliphatic carbocycles. The van der Waals surface area contributed by atoms with Crippen LogP contribution >= 0.6 is 0 Å². The van der Waals surface area contributed by atoms with E-state index in [-0.39, 0.29) is 12.2 Å². The van der Waals surface area contributed by atoms with Crippen molar-refractivity contribution in [3.05, 3.63) is 47.8 Å². The van der Waals surface area contributed by atoms with Gasteiger partial charge in [0.2, 0.25) is 5.91 Å². The van der Waals surface area contributed by atoms with Crippen LogP contribution in [-0.2, 0) is 16.0 Å². The minimum atomic E-state index is -1.13. The fraction of sp³-hybridized carbons (Fsp3) is 0.231. The van der Waals surface area contributed by atoms with Gasteiger partial charge in [-0.3, -0.25) is 4.79 Å². The van der Waals surface area contributed by atoms with Crippen LogP contribution in [0.3, 0.4) is 0 Å². The van der Waals surface area contributed by atoms with Crippen LogP contribution in [0.5, 0.6) is 0 Å². The predicted molar refractivity (Wildman–Crippen MR) is 64.5 cm³/mol. The van der Waals surface area contributed by atoms with Crippen molar-refractivity contribution < 1.29 is 19.1 Å². The third-order valence-electron chi connectivity index (χ3n) is 2.29. The van der Waals surface area contributed by atoms with Crippen LogP contribution < -0.4 is 5.32 Å². The number of carboxylic acids is 1. The Morgan fingerprint density at radius 2 is 2.00 bits per heavy atom. The molecule has 18 heavy (non-hydrogen) atoms. The Bertz CT molecular complexity index is 454. The first-order valence-corrected chi connectivity index (χ1v) is 5.43. The van der Waals surface area contributed by atoms with Gasteiger partial charge in [-0.05, 0) is 30.7 Å². The van der Waals surface area contributed by atoms with E-state index in [1.165, 1.54) is 36.4 Å². The van der Waals surface area contributed by atoms with Gasteiger partial charge in [0.05, 0.1) is 0 Å². The Balaban J connectivity index is 2.71. The van der Waals surface area contributed by atoms with Crippen molar-refractivity contribution in [3.8, 4) is 0 Å². The summed E-state index contributed by atoms with van der Waals surface area (Å²) in [6.45, 7) is 1.66. The zero-order chi connectivity index (χ0) is 13.5. The molecule has 0 saturated heterocycles. The highest BCUT2D eigenvalue weighted by atomic mass is 19.1. The molecular weight excluding hydrogens is 237 g/mol. The lowest BCUT2D eigenvalue weighted by Gasteiger charge is -2.13. The normalized spacial score (nSPS) is 12.3. The monoisotopic (exact) mass is 251 g/mol. The van der Waals surface area contributed by atoms with Gasteiger partial charge in [0.25, 0.3) is 0 Å². The molecule has 0 aromatic heterocycles. The Labute approximate surface area is 104 Å². The van der Waals surface area contributed by atoms with Crippen LogP contribution in [0.25, 0.3) is 0 Å². The van der Waals surface area contributed by atoms with Crippen molar-refractivity contribution in [2.45, 2.75) is 19.4 Å². The molecular formula is C13H14FNO3. The molecule has 0 radical (unpaired) electrons. The van der Waals surface area contributed by atoms with Gasteiger partial charge in [-0.1, -0.05) is 18.2 Å². The van der Waals surface area contributed by atoms with E-state index in [9.17, 15) is 14.0 Å². The van der Waals surface area contributed by atoms with Gasteiger partial charge in [0, 0.05) is 6.42 Å². The number of carbonyl (C=O) groups excluding carboxylic acids is 1. The molecule has 96 valence electrons. The molecule has 0 aliphatic rings. The maximum absolute atomic E-state index is 12.7. The lowest BCUT2D eigenvalue weighted by Crippen LogP contribution is -2.41. The van der Waals surface area contributed by atoms with Crippen molar-refractivity contribution in [3.63, 3.8) is 0 Å². The molecule has 0 heterocycles. The third kappa shape index (κ3) is 4.37. The summed E-state index contributed by atoms with van der Waals surface area (Å²) in [5, 5.41) is 11.4. The summed E-state index contributed by atoms with van der Waals surface area (Å²) in [6.07, 6.45) is 2.88. The number of carboxylic acid groups (broad SMARTS) is 1. The van der Waals surface area contributed by atoms with E-state index in [2.05, 4.69) is 5.32 Å². The minimum absolute atomic E-state index is 0.110. The van der Waals surface area contributed by atoms with E-state index in [0.29, 0.717) is 5.56 Å². The molecule has 0 spiro atoms. The highest BCUT2D eigenvalue weighted by Gasteiger charge is 2.19. The molecule has 1 rings (SSSR count). The molecule has 1 aromatic rings. The largest absolute Gasteiger partial charge is 0.480 e. The van der Waals surface area contributed by atoms with Gasteiger partial charge in [-0.15, -0.1) is 0 Å². The molecule has 0 bridgehead atoms. The van der Waals surface area contributed by atoms with E-state index < -0.39 is 17.9 Å². The number of hydrogen-bond donors (Lipinski definition) is 2. The second-order valence-corrected chi connectivity index (χ2v) is 3.73. The van der Waals surface area contributed by atoms with Crippen LogP contribution in [0.4, 0.5) is 4.39 Å². The second-order valence-electron chi connectivity index (χ2n) is 3.73. The summed E-state index contributed by atoms with van der Waals surface area (Å²) in [5.41, 5.74) is 0.643. The maximum Gasteiger partial charge on any atom is 0.326 e. The molecule has 5 heteroatoms. The SMILES string of the molecule is C/C=C/C(=O)NC(Cc1ccc(F)cc1)C(=O)O. The Morgan fingerprint density at radius 3 is 2.50 bits per heavy atom. The quantitative estimate of drug-likeness (QED) is 0.780. The van der Waals surface area contributed by atoms with Crippen molar-refractivity contribution in [1.29, 1.82) is 0 Å². The van der Waals surface area contributed by atoms with E-state index in [0.717, 1.165) is 0 Å². The fourth-order valence-electron chi connectivity index (χ4n) is 1.43. The van der Waals surface area contributed by atoms with Gasteiger partial charge in [-0.25, -0.2) is 9.18 Å². The first kappa shape index (κ1) is 13.9. The number of aliphatic carboxylic acids is 1. The zero-order valence-corrected chi connectivity index (χ0v) is 9.89. The fourth-order valence-corrected chi connectivity index (χ4v) is 1.43. The van der Waals surface area contributed by atoms with Gasteiger partial charge in [0.15, 0.2) is 0 Å². The number of hydrogen-bond acceptors (Lipinski definition) is 2. The van der Waals surface area contributed by atoms with E-state index >= 15 is 0 Å². The van der Waals surface area contributed by atoms with E-state index in [1.54, 1.807) is 6.92 Å². The van der Waals surface area contributed by atoms with Gasteiger partial charge in [-0.2, -0.15) is 0 Å². The van der Waals surface area contributed by atoms with Crippen LogP contribution in [0, 0.1) is 5.82 Å². The predicted octanol–water partition coefficient (Wildman–Crippen LogP) is 1.51. The molecule has 4 nitrogen and oxygen atoms in total. The molecule has 2 N–H and O–H groups in total. The highest BCUT2D eigenvalue weighted by molar-refractivity contribution is 5.91. The van der Waals surface area contributed by atoms with Crippen molar-refractivity contribution in [2.75, 3.05) is 0 Å². The van der Waals surface area contributed by atoms with Crippen molar-refractivity contribution in [2.24, 2.45) is 0 Å².